The van der Waals surface area contributed by atoms with Crippen LogP contribution in [-0.4, -0.2) is 40.7 Å². The third kappa shape index (κ3) is 3.76. The summed E-state index contributed by atoms with van der Waals surface area (Å²) in [6.45, 7) is 2.58. The lowest BCUT2D eigenvalue weighted by Crippen LogP contribution is -2.68. The number of carbonyl (C=O) groups is 1. The number of hydrogen-bond acceptors (Lipinski definition) is 4. The van der Waals surface area contributed by atoms with Crippen LogP contribution >= 0.6 is 0 Å². The van der Waals surface area contributed by atoms with Crippen molar-refractivity contribution in [3.05, 3.63) is 65.9 Å². The van der Waals surface area contributed by atoms with Gasteiger partial charge in [0.25, 0.3) is 5.91 Å². The normalized spacial score (nSPS) is 16.7. The molecule has 1 atom stereocenters. The van der Waals surface area contributed by atoms with Crippen molar-refractivity contribution >= 4 is 16.8 Å². The number of hydrogen-bond donors (Lipinski definition) is 3. The minimum absolute atomic E-state index is 0.342. The molecule has 4 rings (SSSR count). The van der Waals surface area contributed by atoms with E-state index in [1.807, 2.05) is 0 Å². The number of alkyl halides is 3. The number of nitrogens with zero attached hydrogens (tertiary/aromatic N) is 1. The largest absolute Gasteiger partial charge is 0.416 e. The number of aromatic nitrogens is 1. The zero-order valence-corrected chi connectivity index (χ0v) is 16.1. The molecular weight excluding hydrogens is 395 g/mol. The van der Waals surface area contributed by atoms with Gasteiger partial charge in [0.15, 0.2) is 0 Å². The lowest BCUT2D eigenvalue weighted by molar-refractivity contribution is -0.137. The van der Waals surface area contributed by atoms with E-state index in [1.54, 1.807) is 31.2 Å². The molecule has 1 aliphatic heterocycles. The number of pyridine rings is 1. The fraction of sp³-hybridized carbons (Fsp3) is 0.273. The van der Waals surface area contributed by atoms with Gasteiger partial charge in [0, 0.05) is 30.2 Å². The number of carbonyl (C=O) groups excluding carboxylic acids is 1. The molecule has 2 heterocycles. The van der Waals surface area contributed by atoms with Gasteiger partial charge in [-0.05, 0) is 30.7 Å². The first-order valence-electron chi connectivity index (χ1n) is 9.48. The summed E-state index contributed by atoms with van der Waals surface area (Å²) in [4.78, 5) is 17.0. The molecule has 0 bridgehead atoms. The Hall–Kier alpha value is -2.97. The van der Waals surface area contributed by atoms with Crippen molar-refractivity contribution in [3.63, 3.8) is 0 Å². The first-order valence-corrected chi connectivity index (χ1v) is 9.48. The van der Waals surface area contributed by atoms with Crippen molar-refractivity contribution in [2.24, 2.45) is 0 Å². The second kappa shape index (κ2) is 7.37. The topological polar surface area (TPSA) is 74.2 Å². The van der Waals surface area contributed by atoms with Crippen molar-refractivity contribution in [2.75, 3.05) is 13.1 Å². The molecule has 8 heteroatoms. The Labute approximate surface area is 170 Å². The van der Waals surface area contributed by atoms with Crippen molar-refractivity contribution < 1.29 is 23.1 Å². The highest BCUT2D eigenvalue weighted by atomic mass is 19.4. The minimum Gasteiger partial charge on any atom is -0.385 e. The summed E-state index contributed by atoms with van der Waals surface area (Å²) in [6.07, 6.45) is -2.96. The fourth-order valence-electron chi connectivity index (χ4n) is 3.46. The average molecular weight is 415 g/mol. The summed E-state index contributed by atoms with van der Waals surface area (Å²) in [5, 5.41) is 16.8. The van der Waals surface area contributed by atoms with Crippen LogP contribution < -0.4 is 10.6 Å². The van der Waals surface area contributed by atoms with Gasteiger partial charge in [0.2, 0.25) is 0 Å². The molecule has 0 aliphatic carbocycles. The summed E-state index contributed by atoms with van der Waals surface area (Å²) in [6, 6.07) is 11.5. The van der Waals surface area contributed by atoms with Crippen LogP contribution in [0.15, 0.2) is 54.7 Å². The highest BCUT2D eigenvalue weighted by Crippen LogP contribution is 2.33. The van der Waals surface area contributed by atoms with Crippen LogP contribution in [0.25, 0.3) is 22.0 Å². The molecular formula is C22H20F3N3O2. The number of para-hydroxylation sites is 1. The maximum atomic E-state index is 12.8. The zero-order chi connectivity index (χ0) is 21.5. The lowest BCUT2D eigenvalue weighted by atomic mass is 9.89. The smallest absolute Gasteiger partial charge is 0.385 e. The van der Waals surface area contributed by atoms with Crippen molar-refractivity contribution in [2.45, 2.75) is 24.7 Å². The molecule has 1 amide bonds. The molecule has 1 fully saturated rings. The molecule has 156 valence electrons. The van der Waals surface area contributed by atoms with Gasteiger partial charge in [0.05, 0.1) is 22.7 Å². The summed E-state index contributed by atoms with van der Waals surface area (Å²) < 4.78 is 38.4. The molecule has 0 spiro atoms. The van der Waals surface area contributed by atoms with E-state index in [-0.39, 0.29) is 5.91 Å². The number of amides is 1. The molecule has 30 heavy (non-hydrogen) atoms. The molecule has 0 unspecified atom stereocenters. The van der Waals surface area contributed by atoms with Gasteiger partial charge in [-0.25, -0.2) is 0 Å². The van der Waals surface area contributed by atoms with Gasteiger partial charge in [0.1, 0.15) is 5.60 Å². The number of aliphatic hydroxyl groups is 1. The molecule has 0 saturated carbocycles. The van der Waals surface area contributed by atoms with Crippen LogP contribution in [0.3, 0.4) is 0 Å². The van der Waals surface area contributed by atoms with E-state index in [2.05, 4.69) is 15.6 Å². The van der Waals surface area contributed by atoms with Gasteiger partial charge in [-0.1, -0.05) is 30.3 Å². The van der Waals surface area contributed by atoms with Crippen LogP contribution in [0.2, 0.25) is 0 Å². The standard InChI is InChI=1S/C22H20F3N3O2/c1-13(21(30)11-26-12-21)28-20(29)16-9-15-3-2-4-18(19(15)27-10-16)14-5-7-17(8-6-14)22(23,24)25/h2-10,13,26,30H,11-12H2,1H3,(H,28,29)/t13-/m1/s1. The van der Waals surface area contributed by atoms with Crippen LogP contribution in [0.4, 0.5) is 13.2 Å². The van der Waals surface area contributed by atoms with Crippen LogP contribution in [0.5, 0.6) is 0 Å². The van der Waals surface area contributed by atoms with Crippen molar-refractivity contribution in [1.29, 1.82) is 0 Å². The Balaban J connectivity index is 1.61. The Bertz CT molecular complexity index is 1090. The number of nitrogens with one attached hydrogen (secondary N) is 2. The SMILES string of the molecule is C[C@@H](NC(=O)c1cnc2c(-c3ccc(C(F)(F)F)cc3)cccc2c1)C1(O)CNC1. The van der Waals surface area contributed by atoms with Gasteiger partial charge >= 0.3 is 6.18 Å². The predicted molar refractivity (Wildman–Crippen MR) is 107 cm³/mol. The Morgan fingerprint density at radius 3 is 2.50 bits per heavy atom. The second-order valence-corrected chi connectivity index (χ2v) is 7.58. The van der Waals surface area contributed by atoms with Gasteiger partial charge in [-0.3, -0.25) is 9.78 Å². The maximum Gasteiger partial charge on any atom is 0.416 e. The zero-order valence-electron chi connectivity index (χ0n) is 16.1. The molecule has 5 nitrogen and oxygen atoms in total. The highest BCUT2D eigenvalue weighted by Gasteiger charge is 2.40. The van der Waals surface area contributed by atoms with E-state index in [0.717, 1.165) is 12.1 Å². The monoisotopic (exact) mass is 415 g/mol. The van der Waals surface area contributed by atoms with E-state index in [9.17, 15) is 23.1 Å². The molecule has 1 aliphatic rings. The second-order valence-electron chi connectivity index (χ2n) is 7.58. The highest BCUT2D eigenvalue weighted by molar-refractivity contribution is 6.00. The van der Waals surface area contributed by atoms with Gasteiger partial charge in [-0.2, -0.15) is 13.2 Å². The Morgan fingerprint density at radius 2 is 1.90 bits per heavy atom. The third-order valence-electron chi connectivity index (χ3n) is 5.51. The summed E-state index contributed by atoms with van der Waals surface area (Å²) in [5.74, 6) is -0.350. The summed E-state index contributed by atoms with van der Waals surface area (Å²) in [7, 11) is 0. The predicted octanol–water partition coefficient (Wildman–Crippen LogP) is 3.37. The van der Waals surface area contributed by atoms with Crippen LogP contribution in [0, 0.1) is 0 Å². The molecule has 3 aromatic rings. The molecule has 1 aromatic heterocycles. The first-order chi connectivity index (χ1) is 14.2. The number of halogens is 3. The number of benzene rings is 2. The van der Waals surface area contributed by atoms with Gasteiger partial charge < -0.3 is 15.7 Å². The van der Waals surface area contributed by atoms with Crippen LogP contribution in [0.1, 0.15) is 22.8 Å². The number of fused-ring (bicyclic) bond motifs is 1. The lowest BCUT2D eigenvalue weighted by Gasteiger charge is -2.42. The number of β-amino-alcohol motifs (C(OH)–C–C–N with tert-alkyl or cyclic N) is 1. The third-order valence-corrected chi connectivity index (χ3v) is 5.51. The van der Waals surface area contributed by atoms with Crippen LogP contribution in [-0.2, 0) is 6.18 Å². The molecule has 0 radical (unpaired) electrons. The Kier molecular flexibility index (Phi) is 4.99. The average Bonchev–Trinajstić information content (AvgIpc) is 2.70. The summed E-state index contributed by atoms with van der Waals surface area (Å²) >= 11 is 0. The first kappa shape index (κ1) is 20.3. The van der Waals surface area contributed by atoms with Gasteiger partial charge in [-0.15, -0.1) is 0 Å². The molecule has 2 aromatic carbocycles. The number of rotatable bonds is 4. The summed E-state index contributed by atoms with van der Waals surface area (Å²) in [5.41, 5.74) is 0.535. The maximum absolute atomic E-state index is 12.8. The van der Waals surface area contributed by atoms with E-state index in [1.165, 1.54) is 18.3 Å². The minimum atomic E-state index is -4.39. The quantitative estimate of drug-likeness (QED) is 0.611. The van der Waals surface area contributed by atoms with E-state index in [4.69, 9.17) is 0 Å². The fourth-order valence-corrected chi connectivity index (χ4v) is 3.46. The van der Waals surface area contributed by atoms with E-state index < -0.39 is 23.4 Å². The van der Waals surface area contributed by atoms with E-state index >= 15 is 0 Å². The van der Waals surface area contributed by atoms with Crippen molar-refractivity contribution in [1.82, 2.24) is 15.6 Å². The molecule has 3 N–H and O–H groups in total. The Morgan fingerprint density at radius 1 is 1.20 bits per heavy atom. The van der Waals surface area contributed by atoms with E-state index in [0.29, 0.717) is 40.7 Å². The van der Waals surface area contributed by atoms with Crippen molar-refractivity contribution in [3.8, 4) is 11.1 Å². The molecule has 1 saturated heterocycles.